The summed E-state index contributed by atoms with van der Waals surface area (Å²) in [6, 6.07) is 3.75. The highest BCUT2D eigenvalue weighted by molar-refractivity contribution is 5.46. The summed E-state index contributed by atoms with van der Waals surface area (Å²) in [6.07, 6.45) is 7.51. The SMILES string of the molecule is C=CCc1cc(OC(C=C)CCCC)cc(C)c1O. The molecule has 0 saturated heterocycles. The van der Waals surface area contributed by atoms with Crippen LogP contribution in [0, 0.1) is 6.92 Å². The predicted molar refractivity (Wildman–Crippen MR) is 80.9 cm³/mol. The molecule has 1 unspecified atom stereocenters. The van der Waals surface area contributed by atoms with Crippen LogP contribution in [0.3, 0.4) is 0 Å². The third-order valence-corrected chi connectivity index (χ3v) is 3.11. The lowest BCUT2D eigenvalue weighted by molar-refractivity contribution is 0.234. The van der Waals surface area contributed by atoms with Crippen LogP contribution in [0.1, 0.15) is 37.3 Å². The first-order valence-electron chi connectivity index (χ1n) is 6.85. The van der Waals surface area contributed by atoms with E-state index in [1.165, 1.54) is 0 Å². The van der Waals surface area contributed by atoms with E-state index < -0.39 is 0 Å². The number of phenols is 1. The van der Waals surface area contributed by atoms with Gasteiger partial charge in [-0.1, -0.05) is 32.1 Å². The first kappa shape index (κ1) is 15.4. The highest BCUT2D eigenvalue weighted by atomic mass is 16.5. The Hall–Kier alpha value is -1.70. The van der Waals surface area contributed by atoms with E-state index in [0.717, 1.165) is 36.1 Å². The average molecular weight is 260 g/mol. The Balaban J connectivity index is 2.87. The van der Waals surface area contributed by atoms with Gasteiger partial charge in [-0.2, -0.15) is 0 Å². The van der Waals surface area contributed by atoms with Gasteiger partial charge in [0.05, 0.1) is 0 Å². The normalized spacial score (nSPS) is 11.9. The van der Waals surface area contributed by atoms with Gasteiger partial charge in [-0.25, -0.2) is 0 Å². The molecule has 2 nitrogen and oxygen atoms in total. The lowest BCUT2D eigenvalue weighted by atomic mass is 10.1. The number of aromatic hydroxyl groups is 1. The predicted octanol–water partition coefficient (Wildman–Crippen LogP) is 4.55. The molecule has 0 amide bonds. The summed E-state index contributed by atoms with van der Waals surface area (Å²) in [6.45, 7) is 11.6. The van der Waals surface area contributed by atoms with Crippen molar-refractivity contribution in [2.24, 2.45) is 0 Å². The number of allylic oxidation sites excluding steroid dienone is 1. The minimum Gasteiger partial charge on any atom is -0.507 e. The van der Waals surface area contributed by atoms with Crippen molar-refractivity contribution in [2.45, 2.75) is 45.6 Å². The van der Waals surface area contributed by atoms with Crippen LogP contribution in [0.15, 0.2) is 37.4 Å². The highest BCUT2D eigenvalue weighted by Gasteiger charge is 2.10. The molecule has 0 aromatic heterocycles. The topological polar surface area (TPSA) is 29.5 Å². The van der Waals surface area contributed by atoms with Crippen LogP contribution < -0.4 is 4.74 Å². The van der Waals surface area contributed by atoms with E-state index in [-0.39, 0.29) is 6.10 Å². The molecule has 104 valence electrons. The second-order valence-corrected chi connectivity index (χ2v) is 4.77. The lowest BCUT2D eigenvalue weighted by Crippen LogP contribution is -2.13. The zero-order chi connectivity index (χ0) is 14.3. The second kappa shape index (κ2) is 7.67. The van der Waals surface area contributed by atoms with Crippen LogP contribution in [0.5, 0.6) is 11.5 Å². The van der Waals surface area contributed by atoms with Gasteiger partial charge in [0.25, 0.3) is 0 Å². The van der Waals surface area contributed by atoms with Crippen LogP contribution in [0.25, 0.3) is 0 Å². The van der Waals surface area contributed by atoms with Gasteiger partial charge >= 0.3 is 0 Å². The van der Waals surface area contributed by atoms with E-state index in [9.17, 15) is 5.11 Å². The Labute approximate surface area is 116 Å². The van der Waals surface area contributed by atoms with Crippen molar-refractivity contribution in [2.75, 3.05) is 0 Å². The van der Waals surface area contributed by atoms with E-state index in [0.29, 0.717) is 12.2 Å². The van der Waals surface area contributed by atoms with Gasteiger partial charge in [0.15, 0.2) is 0 Å². The minimum atomic E-state index is 0.0282. The fourth-order valence-electron chi connectivity index (χ4n) is 2.00. The van der Waals surface area contributed by atoms with Gasteiger partial charge in [-0.3, -0.25) is 0 Å². The Morgan fingerprint density at radius 3 is 2.68 bits per heavy atom. The lowest BCUT2D eigenvalue weighted by Gasteiger charge is -2.17. The minimum absolute atomic E-state index is 0.0282. The molecule has 0 aliphatic carbocycles. The van der Waals surface area contributed by atoms with Gasteiger partial charge in [0.1, 0.15) is 17.6 Å². The quantitative estimate of drug-likeness (QED) is 0.695. The van der Waals surface area contributed by atoms with Gasteiger partial charge in [0.2, 0.25) is 0 Å². The molecular weight excluding hydrogens is 236 g/mol. The average Bonchev–Trinajstić information content (AvgIpc) is 2.40. The fraction of sp³-hybridized carbons (Fsp3) is 0.412. The molecule has 0 saturated carbocycles. The molecular formula is C17H24O2. The number of ether oxygens (including phenoxy) is 1. The molecule has 0 heterocycles. The summed E-state index contributed by atoms with van der Waals surface area (Å²) < 4.78 is 5.93. The van der Waals surface area contributed by atoms with Crippen molar-refractivity contribution in [3.05, 3.63) is 48.6 Å². The van der Waals surface area contributed by atoms with E-state index in [4.69, 9.17) is 4.74 Å². The standard InChI is InChI=1S/C17H24O2/c1-5-8-10-15(7-3)19-16-11-13(4)17(18)14(12-16)9-6-2/h6-7,11-12,15,18H,2-3,5,8-10H2,1,4H3. The van der Waals surface area contributed by atoms with Crippen molar-refractivity contribution in [3.8, 4) is 11.5 Å². The largest absolute Gasteiger partial charge is 0.507 e. The molecule has 0 radical (unpaired) electrons. The van der Waals surface area contributed by atoms with Crippen molar-refractivity contribution in [3.63, 3.8) is 0 Å². The maximum absolute atomic E-state index is 9.96. The Kier molecular flexibility index (Phi) is 6.20. The van der Waals surface area contributed by atoms with Gasteiger partial charge in [-0.15, -0.1) is 6.58 Å². The zero-order valence-corrected chi connectivity index (χ0v) is 12.0. The molecule has 0 bridgehead atoms. The number of benzene rings is 1. The number of hydrogen-bond acceptors (Lipinski definition) is 2. The molecule has 1 aromatic rings. The smallest absolute Gasteiger partial charge is 0.122 e. The molecule has 0 fully saturated rings. The number of aryl methyl sites for hydroxylation is 1. The van der Waals surface area contributed by atoms with Gasteiger partial charge < -0.3 is 9.84 Å². The van der Waals surface area contributed by atoms with E-state index in [1.54, 1.807) is 6.08 Å². The summed E-state index contributed by atoms with van der Waals surface area (Å²) in [7, 11) is 0. The summed E-state index contributed by atoms with van der Waals surface area (Å²) in [5.41, 5.74) is 1.68. The Morgan fingerprint density at radius 1 is 1.37 bits per heavy atom. The maximum Gasteiger partial charge on any atom is 0.122 e. The molecule has 1 atom stereocenters. The zero-order valence-electron chi connectivity index (χ0n) is 12.0. The number of phenolic OH excluding ortho intramolecular Hbond substituents is 1. The van der Waals surface area contributed by atoms with Gasteiger partial charge in [0, 0.05) is 5.56 Å². The first-order valence-corrected chi connectivity index (χ1v) is 6.85. The molecule has 0 spiro atoms. The van der Waals surface area contributed by atoms with Crippen molar-refractivity contribution in [1.29, 1.82) is 0 Å². The van der Waals surface area contributed by atoms with Crippen LogP contribution in [-0.4, -0.2) is 11.2 Å². The van der Waals surface area contributed by atoms with E-state index >= 15 is 0 Å². The molecule has 2 heteroatoms. The number of rotatable bonds is 8. The molecule has 19 heavy (non-hydrogen) atoms. The molecule has 1 aromatic carbocycles. The fourth-order valence-corrected chi connectivity index (χ4v) is 2.00. The molecule has 1 N–H and O–H groups in total. The molecule has 1 rings (SSSR count). The van der Waals surface area contributed by atoms with E-state index in [1.807, 2.05) is 25.1 Å². The monoisotopic (exact) mass is 260 g/mol. The van der Waals surface area contributed by atoms with Crippen molar-refractivity contribution < 1.29 is 9.84 Å². The summed E-state index contributed by atoms with van der Waals surface area (Å²) in [5, 5.41) is 9.96. The van der Waals surface area contributed by atoms with Crippen LogP contribution in [-0.2, 0) is 6.42 Å². The third kappa shape index (κ3) is 4.47. The summed E-state index contributed by atoms with van der Waals surface area (Å²) >= 11 is 0. The van der Waals surface area contributed by atoms with E-state index in [2.05, 4.69) is 20.1 Å². The molecule has 0 aliphatic rings. The van der Waals surface area contributed by atoms with Gasteiger partial charge in [-0.05, 0) is 43.9 Å². The summed E-state index contributed by atoms with van der Waals surface area (Å²) in [5.74, 6) is 1.11. The van der Waals surface area contributed by atoms with Crippen LogP contribution >= 0.6 is 0 Å². The number of hydrogen-bond donors (Lipinski definition) is 1. The van der Waals surface area contributed by atoms with Crippen LogP contribution in [0.4, 0.5) is 0 Å². The molecule has 0 aliphatic heterocycles. The third-order valence-electron chi connectivity index (χ3n) is 3.11. The highest BCUT2D eigenvalue weighted by Crippen LogP contribution is 2.29. The second-order valence-electron chi connectivity index (χ2n) is 4.77. The Morgan fingerprint density at radius 2 is 2.11 bits per heavy atom. The first-order chi connectivity index (χ1) is 9.12. The van der Waals surface area contributed by atoms with Crippen molar-refractivity contribution >= 4 is 0 Å². The van der Waals surface area contributed by atoms with Crippen LogP contribution in [0.2, 0.25) is 0 Å². The summed E-state index contributed by atoms with van der Waals surface area (Å²) in [4.78, 5) is 0. The Bertz CT molecular complexity index is 435. The van der Waals surface area contributed by atoms with Crippen molar-refractivity contribution in [1.82, 2.24) is 0 Å². The number of unbranched alkanes of at least 4 members (excludes halogenated alkanes) is 1. The maximum atomic E-state index is 9.96.